The summed E-state index contributed by atoms with van der Waals surface area (Å²) in [6, 6.07) is 5.17. The maximum Gasteiger partial charge on any atom is 0.240 e. The Morgan fingerprint density at radius 3 is 2.50 bits per heavy atom. The van der Waals surface area contributed by atoms with Crippen molar-refractivity contribution in [3.05, 3.63) is 30.1 Å². The van der Waals surface area contributed by atoms with Crippen LogP contribution in [-0.4, -0.2) is 27.0 Å². The fraction of sp³-hybridized carbons (Fsp3) is 0.500. The first-order chi connectivity index (χ1) is 8.47. The van der Waals surface area contributed by atoms with Crippen LogP contribution < -0.4 is 10.0 Å². The van der Waals surface area contributed by atoms with Crippen LogP contribution in [0.4, 0.5) is 4.39 Å². The van der Waals surface area contributed by atoms with Crippen molar-refractivity contribution in [3.63, 3.8) is 0 Å². The molecule has 2 rings (SSSR count). The Morgan fingerprint density at radius 1 is 1.28 bits per heavy atom. The molecule has 18 heavy (non-hydrogen) atoms. The molecule has 0 radical (unpaired) electrons. The number of nitrogens with one attached hydrogen (secondary N) is 2. The van der Waals surface area contributed by atoms with Gasteiger partial charge in [-0.1, -0.05) is 0 Å². The second kappa shape index (κ2) is 5.34. The summed E-state index contributed by atoms with van der Waals surface area (Å²) in [6.07, 6.45) is 1.76. The van der Waals surface area contributed by atoms with Crippen LogP contribution in [0.5, 0.6) is 0 Å². The van der Waals surface area contributed by atoms with Crippen LogP contribution in [0.1, 0.15) is 19.8 Å². The van der Waals surface area contributed by atoms with Crippen LogP contribution in [-0.2, 0) is 10.0 Å². The molecule has 100 valence electrons. The van der Waals surface area contributed by atoms with Gasteiger partial charge in [0.1, 0.15) is 5.82 Å². The van der Waals surface area contributed by atoms with Gasteiger partial charge in [0, 0.05) is 18.6 Å². The maximum atomic E-state index is 12.8. The van der Waals surface area contributed by atoms with Gasteiger partial charge < -0.3 is 5.32 Å². The monoisotopic (exact) mass is 272 g/mol. The Morgan fingerprint density at radius 2 is 1.94 bits per heavy atom. The molecule has 4 nitrogen and oxygen atoms in total. The minimum Gasteiger partial charge on any atom is -0.313 e. The first kappa shape index (κ1) is 13.5. The van der Waals surface area contributed by atoms with Crippen molar-refractivity contribution in [2.45, 2.75) is 36.7 Å². The minimum atomic E-state index is -3.55. The third-order valence-corrected chi connectivity index (χ3v) is 4.64. The summed E-state index contributed by atoms with van der Waals surface area (Å²) in [5.41, 5.74) is 0. The minimum absolute atomic E-state index is 0.0996. The normalized spacial score (nSPS) is 25.0. The molecule has 2 atom stereocenters. The van der Waals surface area contributed by atoms with Crippen molar-refractivity contribution in [1.82, 2.24) is 10.0 Å². The molecule has 1 aliphatic rings. The lowest BCUT2D eigenvalue weighted by Crippen LogP contribution is -2.48. The van der Waals surface area contributed by atoms with Crippen molar-refractivity contribution in [2.24, 2.45) is 0 Å². The van der Waals surface area contributed by atoms with Gasteiger partial charge in [-0.15, -0.1) is 0 Å². The zero-order valence-electron chi connectivity index (χ0n) is 10.2. The average molecular weight is 272 g/mol. The van der Waals surface area contributed by atoms with E-state index in [4.69, 9.17) is 0 Å². The van der Waals surface area contributed by atoms with Crippen LogP contribution in [0.15, 0.2) is 29.2 Å². The van der Waals surface area contributed by atoms with E-state index in [9.17, 15) is 12.8 Å². The van der Waals surface area contributed by atoms with E-state index in [1.165, 1.54) is 12.1 Å². The highest BCUT2D eigenvalue weighted by Gasteiger charge is 2.23. The number of piperidine rings is 1. The van der Waals surface area contributed by atoms with Crippen LogP contribution >= 0.6 is 0 Å². The summed E-state index contributed by atoms with van der Waals surface area (Å²) in [5, 5.41) is 3.23. The van der Waals surface area contributed by atoms with Gasteiger partial charge >= 0.3 is 0 Å². The quantitative estimate of drug-likeness (QED) is 0.870. The lowest BCUT2D eigenvalue weighted by molar-refractivity contribution is 0.366. The highest BCUT2D eigenvalue weighted by atomic mass is 32.2. The standard InChI is InChI=1S/C12H17FN2O2S/c1-9-2-5-11(8-14-9)15-18(16,17)12-6-3-10(13)4-7-12/h3-4,6-7,9,11,14-15H,2,5,8H2,1H3. The van der Waals surface area contributed by atoms with Crippen molar-refractivity contribution in [3.8, 4) is 0 Å². The van der Waals surface area contributed by atoms with E-state index >= 15 is 0 Å². The zero-order chi connectivity index (χ0) is 13.2. The van der Waals surface area contributed by atoms with Gasteiger partial charge in [-0.25, -0.2) is 17.5 Å². The van der Waals surface area contributed by atoms with E-state index in [0.29, 0.717) is 12.6 Å². The smallest absolute Gasteiger partial charge is 0.240 e. The number of hydrogen-bond donors (Lipinski definition) is 2. The van der Waals surface area contributed by atoms with Crippen LogP contribution in [0.25, 0.3) is 0 Å². The number of benzene rings is 1. The molecule has 6 heteroatoms. The topological polar surface area (TPSA) is 58.2 Å². The van der Waals surface area contributed by atoms with E-state index in [0.717, 1.165) is 25.0 Å². The van der Waals surface area contributed by atoms with E-state index in [1.807, 2.05) is 0 Å². The van der Waals surface area contributed by atoms with Gasteiger partial charge in [0.25, 0.3) is 0 Å². The number of sulfonamides is 1. The molecular formula is C12H17FN2O2S. The predicted molar refractivity (Wildman–Crippen MR) is 67.2 cm³/mol. The van der Waals surface area contributed by atoms with Crippen LogP contribution in [0.2, 0.25) is 0 Å². The Hall–Kier alpha value is -0.980. The van der Waals surface area contributed by atoms with E-state index in [2.05, 4.69) is 17.0 Å². The zero-order valence-corrected chi connectivity index (χ0v) is 11.0. The third kappa shape index (κ3) is 3.28. The summed E-state index contributed by atoms with van der Waals surface area (Å²) in [6.45, 7) is 2.70. The van der Waals surface area contributed by atoms with Crippen LogP contribution in [0, 0.1) is 5.82 Å². The van der Waals surface area contributed by atoms with E-state index < -0.39 is 15.8 Å². The molecular weight excluding hydrogens is 255 g/mol. The summed E-state index contributed by atoms with van der Waals surface area (Å²) >= 11 is 0. The molecule has 1 aromatic rings. The molecule has 0 amide bonds. The fourth-order valence-corrected chi connectivity index (χ4v) is 3.27. The Bertz CT molecular complexity index is 493. The highest BCUT2D eigenvalue weighted by molar-refractivity contribution is 7.89. The van der Waals surface area contributed by atoms with Crippen LogP contribution in [0.3, 0.4) is 0 Å². The van der Waals surface area contributed by atoms with E-state index in [1.54, 1.807) is 0 Å². The van der Waals surface area contributed by atoms with Gasteiger partial charge in [0.2, 0.25) is 10.0 Å². The lowest BCUT2D eigenvalue weighted by Gasteiger charge is -2.28. The summed E-state index contributed by atoms with van der Waals surface area (Å²) < 4.78 is 39.5. The molecule has 0 saturated carbocycles. The molecule has 1 saturated heterocycles. The number of hydrogen-bond acceptors (Lipinski definition) is 3. The molecule has 1 heterocycles. The van der Waals surface area contributed by atoms with Gasteiger partial charge in [0.05, 0.1) is 4.90 Å². The first-order valence-corrected chi connectivity index (χ1v) is 7.47. The number of rotatable bonds is 3. The van der Waals surface area contributed by atoms with Crippen molar-refractivity contribution in [2.75, 3.05) is 6.54 Å². The van der Waals surface area contributed by atoms with Gasteiger partial charge in [-0.2, -0.15) is 0 Å². The average Bonchev–Trinajstić information content (AvgIpc) is 2.32. The van der Waals surface area contributed by atoms with Crippen molar-refractivity contribution >= 4 is 10.0 Å². The molecule has 2 N–H and O–H groups in total. The van der Waals surface area contributed by atoms with Crippen molar-refractivity contribution < 1.29 is 12.8 Å². The largest absolute Gasteiger partial charge is 0.313 e. The fourth-order valence-electron chi connectivity index (χ4n) is 2.00. The number of halogens is 1. The molecule has 2 unspecified atom stereocenters. The summed E-state index contributed by atoms with van der Waals surface area (Å²) in [4.78, 5) is 0.0996. The second-order valence-corrected chi connectivity index (χ2v) is 6.37. The molecule has 1 aliphatic heterocycles. The second-order valence-electron chi connectivity index (χ2n) is 4.66. The Labute approximate surface area is 107 Å². The highest BCUT2D eigenvalue weighted by Crippen LogP contribution is 2.13. The molecule has 0 aliphatic carbocycles. The lowest BCUT2D eigenvalue weighted by atomic mass is 10.0. The van der Waals surface area contributed by atoms with Gasteiger partial charge in [-0.3, -0.25) is 0 Å². The molecule has 1 fully saturated rings. The Balaban J connectivity index is 2.05. The third-order valence-electron chi connectivity index (χ3n) is 3.11. The Kier molecular flexibility index (Phi) is 3.99. The molecule has 0 bridgehead atoms. The predicted octanol–water partition coefficient (Wildman–Crippen LogP) is 1.24. The maximum absolute atomic E-state index is 12.8. The molecule has 1 aromatic carbocycles. The first-order valence-electron chi connectivity index (χ1n) is 5.98. The summed E-state index contributed by atoms with van der Waals surface area (Å²) in [7, 11) is -3.55. The molecule has 0 spiro atoms. The molecule has 0 aromatic heterocycles. The summed E-state index contributed by atoms with van der Waals surface area (Å²) in [5.74, 6) is -0.442. The van der Waals surface area contributed by atoms with E-state index in [-0.39, 0.29) is 10.9 Å². The van der Waals surface area contributed by atoms with Gasteiger partial charge in [0.15, 0.2) is 0 Å². The van der Waals surface area contributed by atoms with Crippen molar-refractivity contribution in [1.29, 1.82) is 0 Å². The van der Waals surface area contributed by atoms with Gasteiger partial charge in [-0.05, 0) is 44.0 Å². The SMILES string of the molecule is CC1CCC(NS(=O)(=O)c2ccc(F)cc2)CN1.